The van der Waals surface area contributed by atoms with Crippen LogP contribution in [0.5, 0.6) is 0 Å². The second-order valence-electron chi connectivity index (χ2n) is 6.27. The Balaban J connectivity index is 1.59. The van der Waals surface area contributed by atoms with E-state index < -0.39 is 5.51 Å². The summed E-state index contributed by atoms with van der Waals surface area (Å²) in [6, 6.07) is 7.05. The van der Waals surface area contributed by atoms with Gasteiger partial charge in [-0.3, -0.25) is 4.79 Å². The number of hydrogen-bond donors (Lipinski definition) is 2. The van der Waals surface area contributed by atoms with Gasteiger partial charge in [0, 0.05) is 23.4 Å². The molecule has 2 heterocycles. The van der Waals surface area contributed by atoms with E-state index in [1.165, 1.54) is 18.2 Å². The summed E-state index contributed by atoms with van der Waals surface area (Å²) in [6.45, 7) is 0. The number of para-hydroxylation sites is 1. The number of thioether (sulfide) groups is 1. The van der Waals surface area contributed by atoms with Crippen LogP contribution < -0.4 is 10.6 Å². The third-order valence-electron chi connectivity index (χ3n) is 4.43. The highest BCUT2D eigenvalue weighted by molar-refractivity contribution is 8.00. The van der Waals surface area contributed by atoms with Gasteiger partial charge in [-0.25, -0.2) is 0 Å². The van der Waals surface area contributed by atoms with E-state index in [4.69, 9.17) is 0 Å². The van der Waals surface area contributed by atoms with Gasteiger partial charge >= 0.3 is 5.51 Å². The maximum atomic E-state index is 12.6. The minimum Gasteiger partial charge on any atom is -0.325 e. The van der Waals surface area contributed by atoms with Gasteiger partial charge < -0.3 is 10.6 Å². The number of hydrogen-bond acceptors (Lipinski definition) is 3. The van der Waals surface area contributed by atoms with E-state index in [0.29, 0.717) is 24.4 Å². The largest absolute Gasteiger partial charge is 0.446 e. The van der Waals surface area contributed by atoms with Gasteiger partial charge in [-0.1, -0.05) is 12.1 Å². The molecule has 2 N–H and O–H groups in total. The van der Waals surface area contributed by atoms with Crippen molar-refractivity contribution in [1.29, 1.82) is 0 Å². The predicted molar refractivity (Wildman–Crippen MR) is 84.3 cm³/mol. The normalized spacial score (nSPS) is 27.0. The standard InChI is InChI=1S/C16H19F3N2OS/c17-16(18,19)23-14-4-2-1-3-13(14)21-15(22)9-10-7-11-5-6-12(8-10)20-11/h1-4,10-12,20H,5-9H2,(H,21,22). The second kappa shape index (κ2) is 6.73. The monoisotopic (exact) mass is 344 g/mol. The number of anilines is 1. The number of benzene rings is 1. The molecule has 2 fully saturated rings. The van der Waals surface area contributed by atoms with E-state index in [9.17, 15) is 18.0 Å². The fraction of sp³-hybridized carbons (Fsp3) is 0.562. The summed E-state index contributed by atoms with van der Waals surface area (Å²) in [5.74, 6) is 0.114. The van der Waals surface area contributed by atoms with Gasteiger partial charge in [-0.15, -0.1) is 0 Å². The molecule has 0 spiro atoms. The van der Waals surface area contributed by atoms with Gasteiger partial charge in [0.05, 0.1) is 5.69 Å². The van der Waals surface area contributed by atoms with E-state index in [1.807, 2.05) is 0 Å². The molecule has 2 saturated heterocycles. The van der Waals surface area contributed by atoms with Crippen molar-refractivity contribution in [3.8, 4) is 0 Å². The van der Waals surface area contributed by atoms with Crippen LogP contribution in [0.15, 0.2) is 29.2 Å². The van der Waals surface area contributed by atoms with Gasteiger partial charge in [0.2, 0.25) is 5.91 Å². The highest BCUT2D eigenvalue weighted by Crippen LogP contribution is 2.40. The zero-order valence-corrected chi connectivity index (χ0v) is 13.3. The maximum Gasteiger partial charge on any atom is 0.446 e. The molecule has 126 valence electrons. The Kier molecular flexibility index (Phi) is 4.87. The minimum absolute atomic E-state index is 0.0266. The highest BCUT2D eigenvalue weighted by Gasteiger charge is 2.34. The van der Waals surface area contributed by atoms with Gasteiger partial charge in [0.1, 0.15) is 0 Å². The van der Waals surface area contributed by atoms with Gasteiger partial charge in [0.15, 0.2) is 0 Å². The summed E-state index contributed by atoms with van der Waals surface area (Å²) >= 11 is -0.199. The molecule has 7 heteroatoms. The number of alkyl halides is 3. The molecule has 2 aliphatic heterocycles. The number of fused-ring (bicyclic) bond motifs is 2. The van der Waals surface area contributed by atoms with Crippen molar-refractivity contribution < 1.29 is 18.0 Å². The molecule has 23 heavy (non-hydrogen) atoms. The van der Waals surface area contributed by atoms with Crippen LogP contribution in [0.1, 0.15) is 32.1 Å². The Morgan fingerprint density at radius 3 is 2.52 bits per heavy atom. The summed E-state index contributed by atoms with van der Waals surface area (Å²) in [7, 11) is 0. The van der Waals surface area contributed by atoms with Gasteiger partial charge in [-0.2, -0.15) is 13.2 Å². The molecule has 3 nitrogen and oxygen atoms in total. The molecule has 1 amide bonds. The van der Waals surface area contributed by atoms with Crippen molar-refractivity contribution in [2.24, 2.45) is 5.92 Å². The second-order valence-corrected chi connectivity index (χ2v) is 7.38. The first-order chi connectivity index (χ1) is 10.9. The quantitative estimate of drug-likeness (QED) is 0.806. The van der Waals surface area contributed by atoms with Gasteiger partial charge in [-0.05, 0) is 55.5 Å². The van der Waals surface area contributed by atoms with E-state index in [0.717, 1.165) is 25.7 Å². The van der Waals surface area contributed by atoms with Crippen LogP contribution in [-0.4, -0.2) is 23.5 Å². The summed E-state index contributed by atoms with van der Waals surface area (Å²) in [4.78, 5) is 12.2. The van der Waals surface area contributed by atoms with Crippen LogP contribution in [-0.2, 0) is 4.79 Å². The summed E-state index contributed by atoms with van der Waals surface area (Å²) in [6.07, 6.45) is 4.65. The first-order valence-corrected chi connectivity index (χ1v) is 8.61. The number of rotatable bonds is 4. The lowest BCUT2D eigenvalue weighted by Crippen LogP contribution is -2.39. The molecule has 0 aromatic heterocycles. The lowest BCUT2D eigenvalue weighted by molar-refractivity contribution is -0.117. The Hall–Kier alpha value is -1.21. The lowest BCUT2D eigenvalue weighted by atomic mass is 9.89. The average Bonchev–Trinajstić information content (AvgIpc) is 2.78. The van der Waals surface area contributed by atoms with Crippen molar-refractivity contribution in [2.75, 3.05) is 5.32 Å². The first-order valence-electron chi connectivity index (χ1n) is 7.80. The zero-order chi connectivity index (χ0) is 16.4. The van der Waals surface area contributed by atoms with Crippen molar-refractivity contribution in [3.63, 3.8) is 0 Å². The predicted octanol–water partition coefficient (Wildman–Crippen LogP) is 4.16. The molecule has 2 unspecified atom stereocenters. The average molecular weight is 344 g/mol. The Morgan fingerprint density at radius 2 is 1.87 bits per heavy atom. The summed E-state index contributed by atoms with van der Waals surface area (Å²) in [5.41, 5.74) is -4.13. The molecule has 1 aromatic carbocycles. The number of amides is 1. The molecule has 2 aliphatic rings. The van der Waals surface area contributed by atoms with Crippen LogP contribution in [0.2, 0.25) is 0 Å². The third-order valence-corrected chi connectivity index (χ3v) is 5.24. The molecule has 0 aliphatic carbocycles. The van der Waals surface area contributed by atoms with Crippen LogP contribution >= 0.6 is 11.8 Å². The Morgan fingerprint density at radius 1 is 1.22 bits per heavy atom. The van der Waals surface area contributed by atoms with Crippen molar-refractivity contribution >= 4 is 23.4 Å². The molecular weight excluding hydrogens is 325 g/mol. The minimum atomic E-state index is -4.37. The van der Waals surface area contributed by atoms with E-state index in [-0.39, 0.29) is 28.3 Å². The molecule has 1 aromatic rings. The van der Waals surface area contributed by atoms with E-state index in [1.54, 1.807) is 6.07 Å². The zero-order valence-electron chi connectivity index (χ0n) is 12.5. The van der Waals surface area contributed by atoms with E-state index >= 15 is 0 Å². The van der Waals surface area contributed by atoms with Crippen molar-refractivity contribution in [3.05, 3.63) is 24.3 Å². The summed E-state index contributed by atoms with van der Waals surface area (Å²) in [5, 5.41) is 6.17. The number of carbonyl (C=O) groups is 1. The molecule has 2 atom stereocenters. The Labute approximate surface area is 137 Å². The first kappa shape index (κ1) is 16.6. The fourth-order valence-corrected chi connectivity index (χ4v) is 4.21. The number of carbonyl (C=O) groups excluding carboxylic acids is 1. The third kappa shape index (κ3) is 4.64. The highest BCUT2D eigenvalue weighted by atomic mass is 32.2. The SMILES string of the molecule is O=C(CC1CC2CCC(C1)N2)Nc1ccccc1SC(F)(F)F. The molecule has 0 saturated carbocycles. The van der Waals surface area contributed by atoms with Crippen LogP contribution in [0.4, 0.5) is 18.9 Å². The van der Waals surface area contributed by atoms with Crippen molar-refractivity contribution in [1.82, 2.24) is 5.32 Å². The topological polar surface area (TPSA) is 41.1 Å². The molecule has 3 rings (SSSR count). The van der Waals surface area contributed by atoms with Crippen LogP contribution in [0.3, 0.4) is 0 Å². The lowest BCUT2D eigenvalue weighted by Gasteiger charge is -2.28. The fourth-order valence-electron chi connectivity index (χ4n) is 3.59. The Bertz CT molecular complexity index is 567. The summed E-state index contributed by atoms with van der Waals surface area (Å²) < 4.78 is 37.7. The van der Waals surface area contributed by atoms with Crippen molar-refractivity contribution in [2.45, 2.75) is 54.6 Å². The number of nitrogens with one attached hydrogen (secondary N) is 2. The molecular formula is C16H19F3N2OS. The maximum absolute atomic E-state index is 12.6. The van der Waals surface area contributed by atoms with E-state index in [2.05, 4.69) is 10.6 Å². The van der Waals surface area contributed by atoms with Gasteiger partial charge in [0.25, 0.3) is 0 Å². The van der Waals surface area contributed by atoms with Crippen LogP contribution in [0.25, 0.3) is 0 Å². The number of piperidine rings is 1. The molecule has 0 radical (unpaired) electrons. The molecule has 2 bridgehead atoms. The number of halogens is 3. The smallest absolute Gasteiger partial charge is 0.325 e. The van der Waals surface area contributed by atoms with Crippen LogP contribution in [0, 0.1) is 5.92 Å².